The molecule has 0 aliphatic rings. The fraction of sp³-hybridized carbons (Fsp3) is 0.0714. The molecule has 90 valence electrons. The highest BCUT2D eigenvalue weighted by Crippen LogP contribution is 2.34. The molecule has 0 N–H and O–H groups in total. The van der Waals surface area contributed by atoms with Gasteiger partial charge in [-0.15, -0.1) is 11.3 Å². The van der Waals surface area contributed by atoms with E-state index in [-0.39, 0.29) is 5.82 Å². The fourth-order valence-corrected chi connectivity index (χ4v) is 2.82. The largest absolute Gasteiger partial charge is 0.497 e. The Morgan fingerprint density at radius 3 is 2.83 bits per heavy atom. The topological polar surface area (TPSA) is 22.1 Å². The van der Waals surface area contributed by atoms with E-state index >= 15 is 0 Å². The minimum Gasteiger partial charge on any atom is -0.497 e. The molecule has 0 unspecified atom stereocenters. The lowest BCUT2D eigenvalue weighted by Crippen LogP contribution is -1.89. The van der Waals surface area contributed by atoms with E-state index in [1.807, 2.05) is 11.4 Å². The molecule has 0 saturated carbocycles. The summed E-state index contributed by atoms with van der Waals surface area (Å²) in [4.78, 5) is 4.15. The van der Waals surface area contributed by atoms with E-state index in [1.54, 1.807) is 35.9 Å². The molecule has 0 atom stereocenters. The van der Waals surface area contributed by atoms with Crippen LogP contribution in [0.3, 0.4) is 0 Å². The zero-order valence-corrected chi connectivity index (χ0v) is 10.5. The Bertz CT molecular complexity index is 708. The van der Waals surface area contributed by atoms with Crippen LogP contribution in [0.5, 0.6) is 5.75 Å². The molecule has 0 aliphatic carbocycles. The Labute approximate surface area is 108 Å². The summed E-state index contributed by atoms with van der Waals surface area (Å²) in [6.07, 6.45) is 3.49. The van der Waals surface area contributed by atoms with Gasteiger partial charge in [0.15, 0.2) is 0 Å². The number of fused-ring (bicyclic) bond motifs is 1. The normalized spacial score (nSPS) is 10.8. The zero-order chi connectivity index (χ0) is 12.5. The maximum atomic E-state index is 14.1. The third kappa shape index (κ3) is 1.75. The summed E-state index contributed by atoms with van der Waals surface area (Å²) >= 11 is 1.59. The van der Waals surface area contributed by atoms with Crippen LogP contribution in [0.1, 0.15) is 0 Å². The van der Waals surface area contributed by atoms with Gasteiger partial charge < -0.3 is 4.74 Å². The number of methoxy groups -OCH3 is 1. The van der Waals surface area contributed by atoms with Crippen molar-refractivity contribution in [2.75, 3.05) is 7.11 Å². The first-order valence-corrected chi connectivity index (χ1v) is 6.32. The van der Waals surface area contributed by atoms with Crippen LogP contribution in [-0.4, -0.2) is 12.1 Å². The van der Waals surface area contributed by atoms with Gasteiger partial charge in [0.05, 0.1) is 7.11 Å². The highest BCUT2D eigenvalue weighted by atomic mass is 32.1. The van der Waals surface area contributed by atoms with E-state index in [2.05, 4.69) is 4.98 Å². The first kappa shape index (κ1) is 11.2. The van der Waals surface area contributed by atoms with Crippen molar-refractivity contribution in [2.45, 2.75) is 0 Å². The number of hydrogen-bond donors (Lipinski definition) is 0. The molecular weight excluding hydrogens is 249 g/mol. The maximum Gasteiger partial charge on any atom is 0.134 e. The first-order valence-electron chi connectivity index (χ1n) is 5.44. The van der Waals surface area contributed by atoms with E-state index in [0.29, 0.717) is 11.3 Å². The molecule has 0 fully saturated rings. The molecule has 1 aromatic carbocycles. The van der Waals surface area contributed by atoms with Crippen molar-refractivity contribution in [3.63, 3.8) is 0 Å². The quantitative estimate of drug-likeness (QED) is 0.691. The Kier molecular flexibility index (Phi) is 2.72. The lowest BCUT2D eigenvalue weighted by molar-refractivity contribution is 0.411. The van der Waals surface area contributed by atoms with Crippen LogP contribution in [0.25, 0.3) is 21.2 Å². The number of pyridine rings is 1. The van der Waals surface area contributed by atoms with Crippen molar-refractivity contribution in [1.29, 1.82) is 0 Å². The minimum absolute atomic E-state index is 0.294. The highest BCUT2D eigenvalue weighted by Gasteiger charge is 2.11. The van der Waals surface area contributed by atoms with Gasteiger partial charge >= 0.3 is 0 Å². The maximum absolute atomic E-state index is 14.1. The molecule has 2 heterocycles. The highest BCUT2D eigenvalue weighted by molar-refractivity contribution is 7.17. The average Bonchev–Trinajstić information content (AvgIpc) is 2.87. The molecule has 0 bridgehead atoms. The molecular formula is C14H10FNOS. The van der Waals surface area contributed by atoms with Crippen molar-refractivity contribution >= 4 is 21.4 Å². The van der Waals surface area contributed by atoms with E-state index in [0.717, 1.165) is 15.6 Å². The number of thiophene rings is 1. The SMILES string of the molecule is COc1ccc(-c2cncc3ccsc23)c(F)c1. The predicted molar refractivity (Wildman–Crippen MR) is 71.6 cm³/mol. The third-order valence-corrected chi connectivity index (χ3v) is 3.79. The Morgan fingerprint density at radius 1 is 1.17 bits per heavy atom. The summed E-state index contributed by atoms with van der Waals surface area (Å²) in [6.45, 7) is 0. The second kappa shape index (κ2) is 4.38. The van der Waals surface area contributed by atoms with Gasteiger partial charge in [-0.1, -0.05) is 0 Å². The number of aromatic nitrogens is 1. The molecule has 0 radical (unpaired) electrons. The first-order chi connectivity index (χ1) is 8.79. The Hall–Kier alpha value is -1.94. The standard InChI is InChI=1S/C14H10FNOS/c1-17-10-2-3-11(13(15)6-10)12-8-16-7-9-4-5-18-14(9)12/h2-8H,1H3. The summed E-state index contributed by atoms with van der Waals surface area (Å²) in [5, 5.41) is 3.02. The number of ether oxygens (including phenoxy) is 1. The summed E-state index contributed by atoms with van der Waals surface area (Å²) in [5.41, 5.74) is 1.37. The molecule has 3 aromatic rings. The number of nitrogens with zero attached hydrogens (tertiary/aromatic N) is 1. The predicted octanol–water partition coefficient (Wildman–Crippen LogP) is 4.11. The monoisotopic (exact) mass is 259 g/mol. The van der Waals surface area contributed by atoms with Crippen LogP contribution in [0.4, 0.5) is 4.39 Å². The van der Waals surface area contributed by atoms with Crippen molar-refractivity contribution in [3.8, 4) is 16.9 Å². The molecule has 2 aromatic heterocycles. The Morgan fingerprint density at radius 2 is 2.06 bits per heavy atom. The van der Waals surface area contributed by atoms with Gasteiger partial charge in [-0.25, -0.2) is 4.39 Å². The van der Waals surface area contributed by atoms with E-state index < -0.39 is 0 Å². The van der Waals surface area contributed by atoms with Crippen LogP contribution < -0.4 is 4.74 Å². The molecule has 0 amide bonds. The molecule has 0 saturated heterocycles. The summed E-state index contributed by atoms with van der Waals surface area (Å²) < 4.78 is 20.1. The van der Waals surface area contributed by atoms with E-state index in [1.165, 1.54) is 13.2 Å². The number of benzene rings is 1. The molecule has 0 spiro atoms. The zero-order valence-electron chi connectivity index (χ0n) is 9.68. The van der Waals surface area contributed by atoms with Gasteiger partial charge in [0.25, 0.3) is 0 Å². The Balaban J connectivity index is 2.23. The van der Waals surface area contributed by atoms with Crippen LogP contribution in [0, 0.1) is 5.82 Å². The van der Waals surface area contributed by atoms with Gasteiger partial charge in [0, 0.05) is 39.7 Å². The molecule has 0 aliphatic heterocycles. The minimum atomic E-state index is -0.294. The fourth-order valence-electron chi connectivity index (χ4n) is 1.92. The summed E-state index contributed by atoms with van der Waals surface area (Å²) in [6, 6.07) is 6.86. The van der Waals surface area contributed by atoms with Gasteiger partial charge in [-0.2, -0.15) is 0 Å². The smallest absolute Gasteiger partial charge is 0.134 e. The van der Waals surface area contributed by atoms with Gasteiger partial charge in [0.2, 0.25) is 0 Å². The van der Waals surface area contributed by atoms with Crippen molar-refractivity contribution in [2.24, 2.45) is 0 Å². The molecule has 3 rings (SSSR count). The second-order valence-corrected chi connectivity index (χ2v) is 4.79. The number of hydrogen-bond acceptors (Lipinski definition) is 3. The molecule has 2 nitrogen and oxygen atoms in total. The summed E-state index contributed by atoms with van der Waals surface area (Å²) in [5.74, 6) is 0.222. The van der Waals surface area contributed by atoms with Gasteiger partial charge in [0.1, 0.15) is 11.6 Å². The second-order valence-electron chi connectivity index (χ2n) is 3.87. The lowest BCUT2D eigenvalue weighted by Gasteiger charge is -2.06. The van der Waals surface area contributed by atoms with Gasteiger partial charge in [-0.3, -0.25) is 4.98 Å². The molecule has 18 heavy (non-hydrogen) atoms. The lowest BCUT2D eigenvalue weighted by atomic mass is 10.1. The molecule has 4 heteroatoms. The number of rotatable bonds is 2. The average molecular weight is 259 g/mol. The van der Waals surface area contributed by atoms with Crippen LogP contribution in [0.15, 0.2) is 42.0 Å². The van der Waals surface area contributed by atoms with Crippen LogP contribution in [-0.2, 0) is 0 Å². The number of halogens is 1. The van der Waals surface area contributed by atoms with E-state index in [9.17, 15) is 4.39 Å². The van der Waals surface area contributed by atoms with Crippen molar-refractivity contribution in [3.05, 3.63) is 47.9 Å². The summed E-state index contributed by atoms with van der Waals surface area (Å²) in [7, 11) is 1.52. The van der Waals surface area contributed by atoms with Crippen molar-refractivity contribution in [1.82, 2.24) is 4.98 Å². The van der Waals surface area contributed by atoms with Gasteiger partial charge in [-0.05, 0) is 23.6 Å². The third-order valence-electron chi connectivity index (χ3n) is 2.82. The van der Waals surface area contributed by atoms with Crippen LogP contribution in [0.2, 0.25) is 0 Å². The van der Waals surface area contributed by atoms with E-state index in [4.69, 9.17) is 4.74 Å². The van der Waals surface area contributed by atoms with Crippen LogP contribution >= 0.6 is 11.3 Å². The van der Waals surface area contributed by atoms with Crippen molar-refractivity contribution < 1.29 is 9.13 Å².